The van der Waals surface area contributed by atoms with Crippen LogP contribution in [-0.4, -0.2) is 47.2 Å². The Balaban J connectivity index is 2.26. The highest BCUT2D eigenvalue weighted by Gasteiger charge is 2.43. The van der Waals surface area contributed by atoms with Gasteiger partial charge in [-0.25, -0.2) is 0 Å². The second kappa shape index (κ2) is 6.36. The Morgan fingerprint density at radius 2 is 2.06 bits per heavy atom. The Morgan fingerprint density at radius 3 is 2.59 bits per heavy atom. The van der Waals surface area contributed by atoms with E-state index in [0.717, 1.165) is 32.2 Å². The normalized spacial score (nSPS) is 20.7. The van der Waals surface area contributed by atoms with Crippen molar-refractivity contribution < 1.29 is 9.90 Å². The molecule has 1 rings (SSSR count). The molecule has 0 aromatic rings. The van der Waals surface area contributed by atoms with Crippen LogP contribution in [0.2, 0.25) is 0 Å². The smallest absolute Gasteiger partial charge is 0.237 e. The summed E-state index contributed by atoms with van der Waals surface area (Å²) in [6.07, 6.45) is 3.93. The molecule has 0 saturated carbocycles. The fraction of sp³-hybridized carbons (Fsp3) is 0.923. The van der Waals surface area contributed by atoms with Crippen LogP contribution in [0.3, 0.4) is 0 Å². The summed E-state index contributed by atoms with van der Waals surface area (Å²) < 4.78 is 0. The molecule has 1 unspecified atom stereocenters. The minimum absolute atomic E-state index is 0.0806. The lowest BCUT2D eigenvalue weighted by Crippen LogP contribution is -2.66. The fourth-order valence-corrected chi connectivity index (χ4v) is 2.31. The zero-order valence-electron chi connectivity index (χ0n) is 11.3. The Morgan fingerprint density at radius 1 is 1.41 bits per heavy atom. The lowest BCUT2D eigenvalue weighted by molar-refractivity contribution is -0.143. The standard InChI is InChI=1S/C13H26N2O2/c1-4-6-8-14-12(16)11(3)15-9-13(17,10-15)7-5-2/h11,17H,4-10H2,1-3H3,(H,14,16). The summed E-state index contributed by atoms with van der Waals surface area (Å²) in [6.45, 7) is 8.10. The third-order valence-electron chi connectivity index (χ3n) is 3.47. The molecule has 17 heavy (non-hydrogen) atoms. The van der Waals surface area contributed by atoms with Crippen LogP contribution in [-0.2, 0) is 4.79 Å². The van der Waals surface area contributed by atoms with E-state index in [0.29, 0.717) is 13.1 Å². The first-order valence-corrected chi connectivity index (χ1v) is 6.76. The number of rotatable bonds is 7. The van der Waals surface area contributed by atoms with Gasteiger partial charge in [-0.1, -0.05) is 26.7 Å². The Labute approximate surface area is 104 Å². The highest BCUT2D eigenvalue weighted by atomic mass is 16.3. The summed E-state index contributed by atoms with van der Waals surface area (Å²) in [5, 5.41) is 13.0. The molecule has 0 radical (unpaired) electrons. The summed E-state index contributed by atoms with van der Waals surface area (Å²) in [5.41, 5.74) is -0.549. The minimum atomic E-state index is -0.549. The molecule has 1 amide bonds. The van der Waals surface area contributed by atoms with Crippen molar-refractivity contribution in [3.63, 3.8) is 0 Å². The molecule has 2 N–H and O–H groups in total. The zero-order chi connectivity index (χ0) is 12.9. The second-order valence-corrected chi connectivity index (χ2v) is 5.20. The third-order valence-corrected chi connectivity index (χ3v) is 3.47. The molecule has 0 aliphatic carbocycles. The van der Waals surface area contributed by atoms with Gasteiger partial charge in [-0.05, 0) is 19.8 Å². The molecule has 4 nitrogen and oxygen atoms in total. The van der Waals surface area contributed by atoms with Gasteiger partial charge in [0.25, 0.3) is 0 Å². The van der Waals surface area contributed by atoms with E-state index >= 15 is 0 Å². The number of aliphatic hydroxyl groups is 1. The number of nitrogens with zero attached hydrogens (tertiary/aromatic N) is 1. The van der Waals surface area contributed by atoms with Crippen LogP contribution < -0.4 is 5.32 Å². The number of carbonyl (C=O) groups is 1. The van der Waals surface area contributed by atoms with Gasteiger partial charge in [0.2, 0.25) is 5.91 Å². The summed E-state index contributed by atoms with van der Waals surface area (Å²) in [7, 11) is 0. The number of carbonyl (C=O) groups excluding carboxylic acids is 1. The van der Waals surface area contributed by atoms with E-state index in [9.17, 15) is 9.90 Å². The summed E-state index contributed by atoms with van der Waals surface area (Å²) in [4.78, 5) is 13.8. The van der Waals surface area contributed by atoms with Crippen molar-refractivity contribution in [1.82, 2.24) is 10.2 Å². The number of nitrogens with one attached hydrogen (secondary N) is 1. The van der Waals surface area contributed by atoms with E-state index in [1.165, 1.54) is 0 Å². The van der Waals surface area contributed by atoms with Gasteiger partial charge in [-0.15, -0.1) is 0 Å². The first kappa shape index (κ1) is 14.5. The average Bonchev–Trinajstić information content (AvgIpc) is 2.25. The molecule has 1 aliphatic heterocycles. The number of likely N-dealkylation sites (tertiary alicyclic amines) is 1. The van der Waals surface area contributed by atoms with Crippen molar-refractivity contribution in [2.75, 3.05) is 19.6 Å². The molecule has 0 bridgehead atoms. The van der Waals surface area contributed by atoms with Gasteiger partial charge in [-0.2, -0.15) is 0 Å². The Kier molecular flexibility index (Phi) is 5.40. The molecule has 1 aliphatic rings. The number of β-amino-alcohol motifs (C(OH)–C–C–N with tert-alkyl or cyclic N) is 1. The summed E-state index contributed by atoms with van der Waals surface area (Å²) in [6, 6.07) is -0.121. The highest BCUT2D eigenvalue weighted by Crippen LogP contribution is 2.27. The minimum Gasteiger partial charge on any atom is -0.387 e. The summed E-state index contributed by atoms with van der Waals surface area (Å²) >= 11 is 0. The second-order valence-electron chi connectivity index (χ2n) is 5.20. The van der Waals surface area contributed by atoms with E-state index in [2.05, 4.69) is 19.2 Å². The predicted octanol–water partition coefficient (Wildman–Crippen LogP) is 1.14. The van der Waals surface area contributed by atoms with Crippen molar-refractivity contribution in [2.45, 2.75) is 58.1 Å². The van der Waals surface area contributed by atoms with Crippen molar-refractivity contribution in [3.05, 3.63) is 0 Å². The quantitative estimate of drug-likeness (QED) is 0.658. The van der Waals surface area contributed by atoms with Gasteiger partial charge in [-0.3, -0.25) is 9.69 Å². The van der Waals surface area contributed by atoms with Gasteiger partial charge in [0.05, 0.1) is 11.6 Å². The lowest BCUT2D eigenvalue weighted by atomic mass is 9.88. The number of amides is 1. The van der Waals surface area contributed by atoms with Crippen molar-refractivity contribution in [2.24, 2.45) is 0 Å². The van der Waals surface area contributed by atoms with E-state index in [1.54, 1.807) is 0 Å². The molecule has 0 spiro atoms. The largest absolute Gasteiger partial charge is 0.387 e. The molecule has 1 heterocycles. The van der Waals surface area contributed by atoms with Gasteiger partial charge < -0.3 is 10.4 Å². The van der Waals surface area contributed by atoms with Crippen LogP contribution >= 0.6 is 0 Å². The topological polar surface area (TPSA) is 52.6 Å². The van der Waals surface area contributed by atoms with Gasteiger partial charge in [0, 0.05) is 19.6 Å². The first-order chi connectivity index (χ1) is 8.02. The van der Waals surface area contributed by atoms with Crippen molar-refractivity contribution in [3.8, 4) is 0 Å². The van der Waals surface area contributed by atoms with Crippen molar-refractivity contribution >= 4 is 5.91 Å². The zero-order valence-corrected chi connectivity index (χ0v) is 11.3. The van der Waals surface area contributed by atoms with Crippen LogP contribution in [0, 0.1) is 0 Å². The lowest BCUT2D eigenvalue weighted by Gasteiger charge is -2.48. The molecular weight excluding hydrogens is 216 g/mol. The molecule has 1 atom stereocenters. The van der Waals surface area contributed by atoms with Crippen LogP contribution in [0.4, 0.5) is 0 Å². The van der Waals surface area contributed by atoms with Crippen LogP contribution in [0.5, 0.6) is 0 Å². The van der Waals surface area contributed by atoms with Crippen molar-refractivity contribution in [1.29, 1.82) is 0 Å². The molecule has 0 aromatic heterocycles. The molecule has 1 saturated heterocycles. The van der Waals surface area contributed by atoms with Gasteiger partial charge in [0.15, 0.2) is 0 Å². The fourth-order valence-electron chi connectivity index (χ4n) is 2.31. The average molecular weight is 242 g/mol. The van der Waals surface area contributed by atoms with Gasteiger partial charge >= 0.3 is 0 Å². The van der Waals surface area contributed by atoms with Gasteiger partial charge in [0.1, 0.15) is 0 Å². The van der Waals surface area contributed by atoms with Crippen LogP contribution in [0.1, 0.15) is 46.5 Å². The maximum Gasteiger partial charge on any atom is 0.237 e. The van der Waals surface area contributed by atoms with Crippen LogP contribution in [0.15, 0.2) is 0 Å². The number of hydrogen-bond donors (Lipinski definition) is 2. The molecular formula is C13H26N2O2. The first-order valence-electron chi connectivity index (χ1n) is 6.76. The number of unbranched alkanes of at least 4 members (excludes halogenated alkanes) is 1. The van der Waals surface area contributed by atoms with E-state index in [1.807, 2.05) is 11.8 Å². The SMILES string of the molecule is CCCCNC(=O)C(C)N1CC(O)(CCC)C1. The van der Waals surface area contributed by atoms with Crippen LogP contribution in [0.25, 0.3) is 0 Å². The molecule has 1 fully saturated rings. The Hall–Kier alpha value is -0.610. The Bertz CT molecular complexity index is 250. The molecule has 0 aromatic carbocycles. The summed E-state index contributed by atoms with van der Waals surface area (Å²) in [5.74, 6) is 0.0806. The number of hydrogen-bond acceptors (Lipinski definition) is 3. The molecule has 4 heteroatoms. The third kappa shape index (κ3) is 3.96. The van der Waals surface area contributed by atoms with E-state index in [-0.39, 0.29) is 11.9 Å². The van der Waals surface area contributed by atoms with E-state index in [4.69, 9.17) is 0 Å². The highest BCUT2D eigenvalue weighted by molar-refractivity contribution is 5.81. The predicted molar refractivity (Wildman–Crippen MR) is 68.8 cm³/mol. The monoisotopic (exact) mass is 242 g/mol. The molecule has 100 valence electrons. The maximum atomic E-state index is 11.8. The maximum absolute atomic E-state index is 11.8. The van der Waals surface area contributed by atoms with E-state index < -0.39 is 5.60 Å².